The van der Waals surface area contributed by atoms with Gasteiger partial charge in [0.1, 0.15) is 0 Å². The summed E-state index contributed by atoms with van der Waals surface area (Å²) in [6.07, 6.45) is 0.693. The van der Waals surface area contributed by atoms with Gasteiger partial charge < -0.3 is 5.73 Å². The Kier molecular flexibility index (Phi) is 2.19. The molecule has 2 N–H and O–H groups in total. The number of benzene rings is 1. The molecule has 0 radical (unpaired) electrons. The maximum absolute atomic E-state index is 11.6. The van der Waals surface area contributed by atoms with Crippen molar-refractivity contribution in [3.05, 3.63) is 34.9 Å². The number of nitrogens with two attached hydrogens (primary N) is 1. The molecule has 1 aliphatic rings. The maximum Gasteiger partial charge on any atom is 0.180 e. The van der Waals surface area contributed by atoms with Crippen LogP contribution >= 0.6 is 0 Å². The van der Waals surface area contributed by atoms with E-state index >= 15 is 0 Å². The van der Waals surface area contributed by atoms with Crippen LogP contribution in [0.4, 0.5) is 0 Å². The molecular formula is C13H17NO. The fraction of sp³-hybridized carbons (Fsp3) is 0.462. The maximum atomic E-state index is 11.6. The summed E-state index contributed by atoms with van der Waals surface area (Å²) in [7, 11) is 0. The highest BCUT2D eigenvalue weighted by Gasteiger charge is 2.28. The van der Waals surface area contributed by atoms with E-state index in [4.69, 9.17) is 5.73 Å². The van der Waals surface area contributed by atoms with E-state index < -0.39 is 0 Å². The summed E-state index contributed by atoms with van der Waals surface area (Å²) >= 11 is 0. The molecule has 0 fully saturated rings. The monoisotopic (exact) mass is 203 g/mol. The van der Waals surface area contributed by atoms with Crippen molar-refractivity contribution in [2.24, 2.45) is 5.73 Å². The van der Waals surface area contributed by atoms with Gasteiger partial charge in [0.15, 0.2) is 5.78 Å². The first kappa shape index (κ1) is 10.4. The zero-order valence-corrected chi connectivity index (χ0v) is 9.50. The Labute approximate surface area is 90.5 Å². The van der Waals surface area contributed by atoms with Gasteiger partial charge in [-0.1, -0.05) is 39.0 Å². The molecule has 1 unspecified atom stereocenters. The minimum atomic E-state index is -0.324. The van der Waals surface area contributed by atoms with Gasteiger partial charge in [0.05, 0.1) is 6.04 Å². The van der Waals surface area contributed by atoms with Gasteiger partial charge in [-0.3, -0.25) is 4.79 Å². The number of Topliss-reactive ketones (excluding diaryl/α,β-unsaturated/α-hetero) is 1. The molecule has 0 aliphatic heterocycles. The van der Waals surface area contributed by atoms with Crippen LogP contribution in [0.15, 0.2) is 18.2 Å². The van der Waals surface area contributed by atoms with Gasteiger partial charge in [0, 0.05) is 5.56 Å². The zero-order chi connectivity index (χ0) is 11.2. The number of carbonyl (C=O) groups is 1. The standard InChI is InChI=1S/C13H17NO/c1-13(2,3)9-4-5-10-8(6-9)7-11(14)12(10)15/h4-6,11H,7,14H2,1-3H3. The van der Waals surface area contributed by atoms with Gasteiger partial charge in [-0.05, 0) is 23.0 Å². The Morgan fingerprint density at radius 1 is 1.33 bits per heavy atom. The lowest BCUT2D eigenvalue weighted by Gasteiger charge is -2.19. The molecular weight excluding hydrogens is 186 g/mol. The first-order valence-corrected chi connectivity index (χ1v) is 5.33. The fourth-order valence-electron chi connectivity index (χ4n) is 2.00. The second-order valence-corrected chi connectivity index (χ2v) is 5.30. The van der Waals surface area contributed by atoms with Crippen LogP contribution in [0.25, 0.3) is 0 Å². The summed E-state index contributed by atoms with van der Waals surface area (Å²) in [5.74, 6) is 0.0884. The van der Waals surface area contributed by atoms with E-state index in [-0.39, 0.29) is 17.2 Å². The number of ketones is 1. The Bertz CT molecular complexity index is 415. The van der Waals surface area contributed by atoms with Crippen molar-refractivity contribution >= 4 is 5.78 Å². The van der Waals surface area contributed by atoms with E-state index in [9.17, 15) is 4.79 Å². The molecule has 0 spiro atoms. The third kappa shape index (κ3) is 1.70. The summed E-state index contributed by atoms with van der Waals surface area (Å²) in [6.45, 7) is 6.52. The molecule has 0 bridgehead atoms. The lowest BCUT2D eigenvalue weighted by molar-refractivity contribution is 0.0974. The van der Waals surface area contributed by atoms with Crippen LogP contribution in [0, 0.1) is 0 Å². The van der Waals surface area contributed by atoms with E-state index in [0.717, 1.165) is 11.1 Å². The predicted molar refractivity (Wildman–Crippen MR) is 61.2 cm³/mol. The van der Waals surface area contributed by atoms with Crippen molar-refractivity contribution < 1.29 is 4.79 Å². The van der Waals surface area contributed by atoms with E-state index in [0.29, 0.717) is 6.42 Å². The molecule has 1 aromatic carbocycles. The van der Waals surface area contributed by atoms with Crippen LogP contribution in [0.2, 0.25) is 0 Å². The minimum Gasteiger partial charge on any atom is -0.321 e. The van der Waals surface area contributed by atoms with Gasteiger partial charge in [0.25, 0.3) is 0 Å². The Balaban J connectivity index is 2.47. The SMILES string of the molecule is CC(C)(C)c1ccc2c(c1)CC(N)C2=O. The number of rotatable bonds is 0. The fourth-order valence-corrected chi connectivity index (χ4v) is 2.00. The zero-order valence-electron chi connectivity index (χ0n) is 9.50. The lowest BCUT2D eigenvalue weighted by atomic mass is 9.85. The molecule has 2 heteroatoms. The highest BCUT2D eigenvalue weighted by molar-refractivity contribution is 6.04. The number of hydrogen-bond donors (Lipinski definition) is 1. The Morgan fingerprint density at radius 3 is 2.60 bits per heavy atom. The van der Waals surface area contributed by atoms with Crippen LogP contribution in [-0.4, -0.2) is 11.8 Å². The number of fused-ring (bicyclic) bond motifs is 1. The average Bonchev–Trinajstić information content (AvgIpc) is 2.41. The van der Waals surface area contributed by atoms with Crippen molar-refractivity contribution in [3.63, 3.8) is 0 Å². The average molecular weight is 203 g/mol. The van der Waals surface area contributed by atoms with Crippen molar-refractivity contribution in [1.82, 2.24) is 0 Å². The van der Waals surface area contributed by atoms with Crippen molar-refractivity contribution in [1.29, 1.82) is 0 Å². The highest BCUT2D eigenvalue weighted by Crippen LogP contribution is 2.28. The molecule has 2 rings (SSSR count). The molecule has 0 saturated heterocycles. The minimum absolute atomic E-state index is 0.0884. The smallest absolute Gasteiger partial charge is 0.180 e. The van der Waals surface area contributed by atoms with Crippen LogP contribution in [-0.2, 0) is 11.8 Å². The molecule has 80 valence electrons. The van der Waals surface area contributed by atoms with E-state index in [1.807, 2.05) is 12.1 Å². The quantitative estimate of drug-likeness (QED) is 0.701. The molecule has 0 amide bonds. The lowest BCUT2D eigenvalue weighted by Crippen LogP contribution is -2.26. The topological polar surface area (TPSA) is 43.1 Å². The van der Waals surface area contributed by atoms with Gasteiger partial charge in [0.2, 0.25) is 0 Å². The van der Waals surface area contributed by atoms with E-state index in [2.05, 4.69) is 26.8 Å². The van der Waals surface area contributed by atoms with Gasteiger partial charge in [-0.25, -0.2) is 0 Å². The first-order valence-electron chi connectivity index (χ1n) is 5.33. The molecule has 2 nitrogen and oxygen atoms in total. The normalized spacial score (nSPS) is 20.5. The van der Waals surface area contributed by atoms with Crippen LogP contribution in [0.5, 0.6) is 0 Å². The second kappa shape index (κ2) is 3.17. The summed E-state index contributed by atoms with van der Waals surface area (Å²) in [4.78, 5) is 11.6. The summed E-state index contributed by atoms with van der Waals surface area (Å²) < 4.78 is 0. The second-order valence-electron chi connectivity index (χ2n) is 5.30. The molecule has 15 heavy (non-hydrogen) atoms. The van der Waals surface area contributed by atoms with Gasteiger partial charge in [-0.2, -0.15) is 0 Å². The number of hydrogen-bond acceptors (Lipinski definition) is 2. The Hall–Kier alpha value is -1.15. The van der Waals surface area contributed by atoms with Crippen LogP contribution < -0.4 is 5.73 Å². The van der Waals surface area contributed by atoms with Gasteiger partial charge >= 0.3 is 0 Å². The molecule has 0 aromatic heterocycles. The Morgan fingerprint density at radius 2 is 2.00 bits per heavy atom. The molecule has 1 aromatic rings. The summed E-state index contributed by atoms with van der Waals surface area (Å²) in [5, 5.41) is 0. The molecule has 0 heterocycles. The first-order chi connectivity index (χ1) is 6.89. The van der Waals surface area contributed by atoms with Gasteiger partial charge in [-0.15, -0.1) is 0 Å². The van der Waals surface area contributed by atoms with Crippen molar-refractivity contribution in [2.45, 2.75) is 38.6 Å². The third-order valence-electron chi connectivity index (χ3n) is 3.01. The molecule has 1 atom stereocenters. The molecule has 1 aliphatic carbocycles. The van der Waals surface area contributed by atoms with Crippen LogP contribution in [0.3, 0.4) is 0 Å². The van der Waals surface area contributed by atoms with E-state index in [1.54, 1.807) is 0 Å². The summed E-state index contributed by atoms with van der Waals surface area (Å²) in [5.41, 5.74) is 9.06. The largest absolute Gasteiger partial charge is 0.321 e. The third-order valence-corrected chi connectivity index (χ3v) is 3.01. The summed E-state index contributed by atoms with van der Waals surface area (Å²) in [6, 6.07) is 5.76. The van der Waals surface area contributed by atoms with E-state index in [1.165, 1.54) is 5.56 Å². The molecule has 0 saturated carbocycles. The van der Waals surface area contributed by atoms with Crippen molar-refractivity contribution in [2.75, 3.05) is 0 Å². The highest BCUT2D eigenvalue weighted by atomic mass is 16.1. The number of carbonyl (C=O) groups excluding carboxylic acids is 1. The van der Waals surface area contributed by atoms with Crippen LogP contribution in [0.1, 0.15) is 42.3 Å². The van der Waals surface area contributed by atoms with Crippen molar-refractivity contribution in [3.8, 4) is 0 Å². The predicted octanol–water partition coefficient (Wildman–Crippen LogP) is 2.05.